The standard InChI is InChI=1S/C19H19FO3/c1-3-16(21)19(2,20)18(22)23-17(14-10-6-4-7-11-14)15-12-8-5-9-13-15/h4-13,17H,3H2,1-2H3. The molecule has 2 aromatic carbocycles. The highest BCUT2D eigenvalue weighted by molar-refractivity contribution is 6.06. The summed E-state index contributed by atoms with van der Waals surface area (Å²) in [5, 5.41) is 0. The highest BCUT2D eigenvalue weighted by Crippen LogP contribution is 2.29. The van der Waals surface area contributed by atoms with Gasteiger partial charge < -0.3 is 4.74 Å². The Morgan fingerprint density at radius 2 is 1.43 bits per heavy atom. The molecule has 0 aromatic heterocycles. The van der Waals surface area contributed by atoms with Gasteiger partial charge in [0, 0.05) is 6.42 Å². The lowest BCUT2D eigenvalue weighted by molar-refractivity contribution is -0.164. The van der Waals surface area contributed by atoms with Crippen LogP contribution in [-0.4, -0.2) is 17.4 Å². The number of benzene rings is 2. The molecule has 0 radical (unpaired) electrons. The van der Waals surface area contributed by atoms with Crippen molar-refractivity contribution >= 4 is 11.8 Å². The Morgan fingerprint density at radius 1 is 1.00 bits per heavy atom. The summed E-state index contributed by atoms with van der Waals surface area (Å²) in [6.45, 7) is 2.47. The van der Waals surface area contributed by atoms with Crippen molar-refractivity contribution in [3.05, 3.63) is 71.8 Å². The molecule has 0 saturated carbocycles. The lowest BCUT2D eigenvalue weighted by Gasteiger charge is -2.23. The molecule has 1 atom stereocenters. The van der Waals surface area contributed by atoms with Crippen molar-refractivity contribution in [3.8, 4) is 0 Å². The van der Waals surface area contributed by atoms with Crippen molar-refractivity contribution < 1.29 is 18.7 Å². The van der Waals surface area contributed by atoms with Gasteiger partial charge in [0.05, 0.1) is 0 Å². The third-order valence-electron chi connectivity index (χ3n) is 3.66. The molecule has 0 aliphatic carbocycles. The Hall–Kier alpha value is -2.49. The third kappa shape index (κ3) is 3.83. The van der Waals surface area contributed by atoms with Crippen LogP contribution in [0.15, 0.2) is 60.7 Å². The summed E-state index contributed by atoms with van der Waals surface area (Å²) in [5.74, 6) is -1.95. The Bertz CT molecular complexity index is 626. The summed E-state index contributed by atoms with van der Waals surface area (Å²) in [4.78, 5) is 23.9. The molecule has 0 saturated heterocycles. The number of halogens is 1. The maximum atomic E-state index is 14.4. The van der Waals surface area contributed by atoms with Gasteiger partial charge in [0.1, 0.15) is 0 Å². The summed E-state index contributed by atoms with van der Waals surface area (Å²) < 4.78 is 19.8. The monoisotopic (exact) mass is 314 g/mol. The van der Waals surface area contributed by atoms with E-state index >= 15 is 0 Å². The molecule has 23 heavy (non-hydrogen) atoms. The van der Waals surface area contributed by atoms with Crippen LogP contribution in [-0.2, 0) is 14.3 Å². The van der Waals surface area contributed by atoms with Gasteiger partial charge in [-0.1, -0.05) is 67.6 Å². The SMILES string of the molecule is CCC(=O)C(C)(F)C(=O)OC(c1ccccc1)c1ccccc1. The zero-order chi connectivity index (χ0) is 16.9. The number of carbonyl (C=O) groups is 2. The first kappa shape index (κ1) is 16.9. The van der Waals surface area contributed by atoms with E-state index in [-0.39, 0.29) is 6.42 Å². The lowest BCUT2D eigenvalue weighted by atomic mass is 9.99. The summed E-state index contributed by atoms with van der Waals surface area (Å²) in [7, 11) is 0. The van der Waals surface area contributed by atoms with E-state index in [4.69, 9.17) is 4.74 Å². The molecular weight excluding hydrogens is 295 g/mol. The number of hydrogen-bond donors (Lipinski definition) is 0. The van der Waals surface area contributed by atoms with Crippen LogP contribution in [0.5, 0.6) is 0 Å². The van der Waals surface area contributed by atoms with Gasteiger partial charge in [-0.2, -0.15) is 0 Å². The van der Waals surface area contributed by atoms with E-state index in [2.05, 4.69) is 0 Å². The molecule has 0 bridgehead atoms. The number of esters is 1. The van der Waals surface area contributed by atoms with Gasteiger partial charge in [0.25, 0.3) is 5.67 Å². The van der Waals surface area contributed by atoms with Crippen molar-refractivity contribution in [3.63, 3.8) is 0 Å². The minimum Gasteiger partial charge on any atom is -0.450 e. The average molecular weight is 314 g/mol. The van der Waals surface area contributed by atoms with Crippen LogP contribution in [0.4, 0.5) is 4.39 Å². The number of ether oxygens (including phenoxy) is 1. The lowest BCUT2D eigenvalue weighted by Crippen LogP contribution is -2.41. The number of ketones is 1. The quantitative estimate of drug-likeness (QED) is 0.597. The fourth-order valence-electron chi connectivity index (χ4n) is 2.25. The topological polar surface area (TPSA) is 43.4 Å². The summed E-state index contributed by atoms with van der Waals surface area (Å²) in [5.41, 5.74) is -1.21. The van der Waals surface area contributed by atoms with Crippen LogP contribution in [0.25, 0.3) is 0 Å². The van der Waals surface area contributed by atoms with E-state index in [9.17, 15) is 14.0 Å². The molecule has 1 unspecified atom stereocenters. The predicted molar refractivity (Wildman–Crippen MR) is 85.6 cm³/mol. The third-order valence-corrected chi connectivity index (χ3v) is 3.66. The van der Waals surface area contributed by atoms with E-state index in [0.717, 1.165) is 6.92 Å². The summed E-state index contributed by atoms with van der Waals surface area (Å²) in [6.07, 6.45) is -0.826. The fraction of sp³-hybridized carbons (Fsp3) is 0.263. The van der Waals surface area contributed by atoms with Gasteiger partial charge >= 0.3 is 5.97 Å². The van der Waals surface area contributed by atoms with Crippen molar-refractivity contribution in [1.29, 1.82) is 0 Å². The average Bonchev–Trinajstić information content (AvgIpc) is 2.60. The molecule has 3 nitrogen and oxygen atoms in total. The Kier molecular flexibility index (Phi) is 5.27. The zero-order valence-electron chi connectivity index (χ0n) is 13.2. The van der Waals surface area contributed by atoms with Crippen LogP contribution in [0.3, 0.4) is 0 Å². The van der Waals surface area contributed by atoms with Crippen LogP contribution in [0.1, 0.15) is 37.5 Å². The van der Waals surface area contributed by atoms with Gasteiger partial charge in [-0.25, -0.2) is 9.18 Å². The second kappa shape index (κ2) is 7.18. The van der Waals surface area contributed by atoms with Gasteiger partial charge in [0.2, 0.25) is 0 Å². The maximum Gasteiger partial charge on any atom is 0.352 e. The number of carbonyl (C=O) groups excluding carboxylic acids is 2. The van der Waals surface area contributed by atoms with Gasteiger partial charge in [-0.05, 0) is 18.1 Å². The van der Waals surface area contributed by atoms with E-state index in [1.165, 1.54) is 6.92 Å². The largest absolute Gasteiger partial charge is 0.450 e. The first-order valence-corrected chi connectivity index (χ1v) is 7.50. The number of rotatable bonds is 6. The second-order valence-electron chi connectivity index (χ2n) is 5.39. The molecule has 0 amide bonds. The van der Waals surface area contributed by atoms with Crippen LogP contribution in [0, 0.1) is 0 Å². The molecule has 0 aliphatic heterocycles. The summed E-state index contributed by atoms with van der Waals surface area (Å²) >= 11 is 0. The number of hydrogen-bond acceptors (Lipinski definition) is 3. The first-order valence-electron chi connectivity index (χ1n) is 7.50. The van der Waals surface area contributed by atoms with Crippen molar-refractivity contribution in [2.45, 2.75) is 32.0 Å². The molecule has 0 N–H and O–H groups in total. The molecule has 0 aliphatic rings. The van der Waals surface area contributed by atoms with E-state index in [0.29, 0.717) is 11.1 Å². The number of Topliss-reactive ketones (excluding diaryl/α,β-unsaturated/α-hetero) is 1. The van der Waals surface area contributed by atoms with Crippen molar-refractivity contribution in [2.24, 2.45) is 0 Å². The molecule has 0 fully saturated rings. The van der Waals surface area contributed by atoms with Gasteiger partial charge in [-0.3, -0.25) is 4.79 Å². The van der Waals surface area contributed by atoms with Gasteiger partial charge in [0.15, 0.2) is 11.9 Å². The van der Waals surface area contributed by atoms with E-state index in [1.54, 1.807) is 24.3 Å². The second-order valence-corrected chi connectivity index (χ2v) is 5.39. The highest BCUT2D eigenvalue weighted by atomic mass is 19.1. The van der Waals surface area contributed by atoms with Crippen LogP contribution in [0.2, 0.25) is 0 Å². The van der Waals surface area contributed by atoms with Crippen molar-refractivity contribution in [2.75, 3.05) is 0 Å². The molecule has 2 rings (SSSR count). The smallest absolute Gasteiger partial charge is 0.352 e. The van der Waals surface area contributed by atoms with Crippen LogP contribution >= 0.6 is 0 Å². The summed E-state index contributed by atoms with van der Waals surface area (Å²) in [6, 6.07) is 18.1. The molecule has 0 heterocycles. The predicted octanol–water partition coefficient (Wildman–Crippen LogP) is 4.03. The highest BCUT2D eigenvalue weighted by Gasteiger charge is 2.43. The Morgan fingerprint density at radius 3 is 1.83 bits per heavy atom. The Balaban J connectivity index is 2.33. The minimum absolute atomic E-state index is 0.0660. The maximum absolute atomic E-state index is 14.4. The molecule has 4 heteroatoms. The Labute approximate surface area is 135 Å². The van der Waals surface area contributed by atoms with Gasteiger partial charge in [-0.15, -0.1) is 0 Å². The fourth-order valence-corrected chi connectivity index (χ4v) is 2.25. The van der Waals surface area contributed by atoms with Crippen LogP contribution < -0.4 is 0 Å². The molecule has 120 valence electrons. The minimum atomic E-state index is -2.64. The number of alkyl halides is 1. The molecule has 0 spiro atoms. The normalized spacial score (nSPS) is 13.4. The molecule has 2 aromatic rings. The van der Waals surface area contributed by atoms with Crippen molar-refractivity contribution in [1.82, 2.24) is 0 Å². The van der Waals surface area contributed by atoms with E-state index in [1.807, 2.05) is 36.4 Å². The zero-order valence-corrected chi connectivity index (χ0v) is 13.2. The first-order chi connectivity index (χ1) is 11.0. The molecular formula is C19H19FO3. The van der Waals surface area contributed by atoms with E-state index < -0.39 is 23.5 Å².